The van der Waals surface area contributed by atoms with Gasteiger partial charge in [-0.15, -0.1) is 0 Å². The molecule has 2 aromatic carbocycles. The fourth-order valence-electron chi connectivity index (χ4n) is 3.33. The number of rotatable bonds is 2. The van der Waals surface area contributed by atoms with Gasteiger partial charge in [0.1, 0.15) is 6.04 Å². The number of likely N-dealkylation sites (N-methyl/N-ethyl adjacent to an activating group) is 1. The van der Waals surface area contributed by atoms with Crippen LogP contribution in [0.25, 0.3) is 5.57 Å². The number of amides is 2. The number of nitrogens with zero attached hydrogens (tertiary/aromatic N) is 1. The van der Waals surface area contributed by atoms with Crippen molar-refractivity contribution in [2.24, 2.45) is 0 Å². The van der Waals surface area contributed by atoms with Gasteiger partial charge in [-0.25, -0.2) is 0 Å². The van der Waals surface area contributed by atoms with E-state index in [4.69, 9.17) is 11.6 Å². The van der Waals surface area contributed by atoms with E-state index in [1.165, 1.54) is 10.5 Å². The largest absolute Gasteiger partial charge is 0.336 e. The van der Waals surface area contributed by atoms with E-state index in [1.54, 1.807) is 25.2 Å². The van der Waals surface area contributed by atoms with Crippen LogP contribution in [0.2, 0.25) is 5.02 Å². The SMILES string of the molecule is CN1C(=O)C(c2ccc(C3=CCC=C3)cc2)NC(=O)c2cc(Cl)ccc21. The van der Waals surface area contributed by atoms with Crippen LogP contribution in [0, 0.1) is 0 Å². The molecule has 1 atom stereocenters. The number of halogens is 1. The minimum Gasteiger partial charge on any atom is -0.336 e. The predicted molar refractivity (Wildman–Crippen MR) is 103 cm³/mol. The van der Waals surface area contributed by atoms with Crippen molar-refractivity contribution in [3.8, 4) is 0 Å². The monoisotopic (exact) mass is 364 g/mol. The second kappa shape index (κ2) is 6.46. The van der Waals surface area contributed by atoms with Crippen molar-refractivity contribution in [2.45, 2.75) is 12.5 Å². The van der Waals surface area contributed by atoms with Crippen LogP contribution in [0.15, 0.2) is 60.7 Å². The Morgan fingerprint density at radius 3 is 2.58 bits per heavy atom. The number of anilines is 1. The third-order valence-corrected chi connectivity index (χ3v) is 5.00. The molecule has 1 aliphatic heterocycles. The second-order valence-corrected chi connectivity index (χ2v) is 6.82. The van der Waals surface area contributed by atoms with Gasteiger partial charge in [-0.05, 0) is 41.3 Å². The third-order valence-electron chi connectivity index (χ3n) is 4.77. The minimum absolute atomic E-state index is 0.188. The molecule has 1 N–H and O–H groups in total. The van der Waals surface area contributed by atoms with E-state index in [0.717, 1.165) is 17.5 Å². The summed E-state index contributed by atoms with van der Waals surface area (Å²) in [5.41, 5.74) is 3.97. The summed E-state index contributed by atoms with van der Waals surface area (Å²) in [4.78, 5) is 27.1. The molecule has 0 radical (unpaired) electrons. The molecule has 5 heteroatoms. The lowest BCUT2D eigenvalue weighted by Crippen LogP contribution is -2.37. The Kier molecular flexibility index (Phi) is 4.13. The maximum absolute atomic E-state index is 12.9. The Hall–Kier alpha value is -2.85. The van der Waals surface area contributed by atoms with E-state index in [0.29, 0.717) is 16.3 Å². The lowest BCUT2D eigenvalue weighted by molar-refractivity contribution is -0.120. The molecule has 1 heterocycles. The Morgan fingerprint density at radius 2 is 1.88 bits per heavy atom. The molecule has 0 fully saturated rings. The van der Waals surface area contributed by atoms with Crippen molar-refractivity contribution in [1.29, 1.82) is 0 Å². The van der Waals surface area contributed by atoms with Gasteiger partial charge in [0.05, 0.1) is 11.3 Å². The number of hydrogen-bond donors (Lipinski definition) is 1. The topological polar surface area (TPSA) is 49.4 Å². The molecule has 0 saturated carbocycles. The van der Waals surface area contributed by atoms with Crippen LogP contribution in [0.4, 0.5) is 5.69 Å². The Balaban J connectivity index is 1.68. The molecule has 2 aliphatic rings. The van der Waals surface area contributed by atoms with Crippen molar-refractivity contribution in [1.82, 2.24) is 5.32 Å². The van der Waals surface area contributed by atoms with Gasteiger partial charge in [-0.3, -0.25) is 9.59 Å². The molecular formula is C21H17ClN2O2. The zero-order chi connectivity index (χ0) is 18.3. The minimum atomic E-state index is -0.735. The van der Waals surface area contributed by atoms with Crippen molar-refractivity contribution in [2.75, 3.05) is 11.9 Å². The number of allylic oxidation sites excluding steroid dienone is 4. The Morgan fingerprint density at radius 1 is 1.12 bits per heavy atom. The van der Waals surface area contributed by atoms with Gasteiger partial charge in [0, 0.05) is 12.1 Å². The highest BCUT2D eigenvalue weighted by Crippen LogP contribution is 2.31. The highest BCUT2D eigenvalue weighted by atomic mass is 35.5. The van der Waals surface area contributed by atoms with Gasteiger partial charge < -0.3 is 10.2 Å². The van der Waals surface area contributed by atoms with E-state index in [2.05, 4.69) is 23.5 Å². The van der Waals surface area contributed by atoms with E-state index < -0.39 is 6.04 Å². The molecule has 1 unspecified atom stereocenters. The Labute approximate surface area is 156 Å². The van der Waals surface area contributed by atoms with Crippen LogP contribution < -0.4 is 10.2 Å². The van der Waals surface area contributed by atoms with Crippen LogP contribution in [-0.4, -0.2) is 18.9 Å². The molecule has 2 amide bonds. The summed E-state index contributed by atoms with van der Waals surface area (Å²) in [7, 11) is 1.67. The lowest BCUT2D eigenvalue weighted by atomic mass is 10.0. The van der Waals surface area contributed by atoms with Crippen molar-refractivity contribution < 1.29 is 9.59 Å². The first-order chi connectivity index (χ1) is 12.5. The Bertz CT molecular complexity index is 960. The van der Waals surface area contributed by atoms with Crippen LogP contribution in [0.5, 0.6) is 0 Å². The van der Waals surface area contributed by atoms with E-state index in [-0.39, 0.29) is 11.8 Å². The fourth-order valence-corrected chi connectivity index (χ4v) is 3.50. The molecule has 0 aromatic heterocycles. The van der Waals surface area contributed by atoms with Crippen LogP contribution >= 0.6 is 11.6 Å². The molecule has 2 aromatic rings. The zero-order valence-corrected chi connectivity index (χ0v) is 15.0. The number of hydrogen-bond acceptors (Lipinski definition) is 2. The molecule has 0 saturated heterocycles. The summed E-state index contributed by atoms with van der Waals surface area (Å²) in [6.07, 6.45) is 7.29. The van der Waals surface area contributed by atoms with E-state index >= 15 is 0 Å². The molecule has 1 aliphatic carbocycles. The fraction of sp³-hybridized carbons (Fsp3) is 0.143. The van der Waals surface area contributed by atoms with Gasteiger partial charge in [-0.2, -0.15) is 0 Å². The maximum atomic E-state index is 12.9. The number of carbonyl (C=O) groups is 2. The van der Waals surface area contributed by atoms with Gasteiger partial charge >= 0.3 is 0 Å². The van der Waals surface area contributed by atoms with E-state index in [9.17, 15) is 9.59 Å². The molecule has 0 bridgehead atoms. The van der Waals surface area contributed by atoms with Crippen LogP contribution in [-0.2, 0) is 4.79 Å². The van der Waals surface area contributed by atoms with Crippen molar-refractivity contribution in [3.05, 3.63) is 82.4 Å². The zero-order valence-electron chi connectivity index (χ0n) is 14.2. The normalized spacial score (nSPS) is 19.1. The maximum Gasteiger partial charge on any atom is 0.254 e. The third kappa shape index (κ3) is 2.82. The number of nitrogens with one attached hydrogen (secondary N) is 1. The quantitative estimate of drug-likeness (QED) is 0.871. The summed E-state index contributed by atoms with van der Waals surface area (Å²) in [5, 5.41) is 3.29. The van der Waals surface area contributed by atoms with Gasteiger partial charge in [0.2, 0.25) is 0 Å². The first-order valence-electron chi connectivity index (χ1n) is 8.39. The average Bonchev–Trinajstić information content (AvgIpc) is 3.17. The lowest BCUT2D eigenvalue weighted by Gasteiger charge is -2.21. The summed E-state index contributed by atoms with van der Waals surface area (Å²) in [6, 6.07) is 12.0. The van der Waals surface area contributed by atoms with Crippen molar-refractivity contribution in [3.63, 3.8) is 0 Å². The molecular weight excluding hydrogens is 348 g/mol. The number of carbonyl (C=O) groups excluding carboxylic acids is 2. The number of benzene rings is 2. The summed E-state index contributed by atoms with van der Waals surface area (Å²) < 4.78 is 0. The summed E-state index contributed by atoms with van der Waals surface area (Å²) >= 11 is 6.02. The van der Waals surface area contributed by atoms with Crippen LogP contribution in [0.1, 0.15) is 33.9 Å². The summed E-state index contributed by atoms with van der Waals surface area (Å²) in [6.45, 7) is 0. The van der Waals surface area contributed by atoms with Crippen LogP contribution in [0.3, 0.4) is 0 Å². The van der Waals surface area contributed by atoms with E-state index in [1.807, 2.05) is 24.3 Å². The van der Waals surface area contributed by atoms with Gasteiger partial charge in [0.15, 0.2) is 0 Å². The highest BCUT2D eigenvalue weighted by Gasteiger charge is 2.32. The molecule has 4 rings (SSSR count). The predicted octanol–water partition coefficient (Wildman–Crippen LogP) is 4.13. The number of fused-ring (bicyclic) bond motifs is 1. The molecule has 4 nitrogen and oxygen atoms in total. The second-order valence-electron chi connectivity index (χ2n) is 6.38. The van der Waals surface area contributed by atoms with Gasteiger partial charge in [-0.1, -0.05) is 54.1 Å². The first kappa shape index (κ1) is 16.6. The first-order valence-corrected chi connectivity index (χ1v) is 8.77. The molecule has 130 valence electrons. The average molecular weight is 365 g/mol. The van der Waals surface area contributed by atoms with Crippen molar-refractivity contribution >= 4 is 34.7 Å². The highest BCUT2D eigenvalue weighted by molar-refractivity contribution is 6.31. The van der Waals surface area contributed by atoms with Gasteiger partial charge in [0.25, 0.3) is 11.8 Å². The molecule has 26 heavy (non-hydrogen) atoms. The standard InChI is InChI=1S/C21H17ClN2O2/c1-24-18-11-10-16(22)12-17(18)20(25)23-19(21(24)26)15-8-6-14(7-9-15)13-4-2-3-5-13/h2,4-12,19H,3H2,1H3,(H,23,25). The summed E-state index contributed by atoms with van der Waals surface area (Å²) in [5.74, 6) is -0.497. The molecule has 0 spiro atoms. The smallest absolute Gasteiger partial charge is 0.254 e.